The van der Waals surface area contributed by atoms with Crippen molar-refractivity contribution in [3.05, 3.63) is 59.7 Å². The van der Waals surface area contributed by atoms with Gasteiger partial charge in [0.25, 0.3) is 0 Å². The van der Waals surface area contributed by atoms with Crippen molar-refractivity contribution in [3.63, 3.8) is 0 Å². The van der Waals surface area contributed by atoms with Gasteiger partial charge in [-0.25, -0.2) is 5.43 Å². The molecule has 2 rings (SSSR count). The van der Waals surface area contributed by atoms with Crippen LogP contribution in [0.4, 0.5) is 5.69 Å². The lowest BCUT2D eigenvalue weighted by Crippen LogP contribution is -2.24. The molecule has 0 saturated carbocycles. The van der Waals surface area contributed by atoms with Gasteiger partial charge >= 0.3 is 0 Å². The quantitative estimate of drug-likeness (QED) is 0.349. The highest BCUT2D eigenvalue weighted by molar-refractivity contribution is 6.03. The molecule has 132 valence electrons. The van der Waals surface area contributed by atoms with E-state index in [1.807, 2.05) is 19.1 Å². The number of nitrogens with zero attached hydrogens (tertiary/aromatic N) is 1. The molecule has 0 aliphatic rings. The Morgan fingerprint density at radius 1 is 1.15 bits per heavy atom. The summed E-state index contributed by atoms with van der Waals surface area (Å²) in [5.74, 6) is 2.00. The summed E-state index contributed by atoms with van der Waals surface area (Å²) in [4.78, 5) is 23.7. The van der Waals surface area contributed by atoms with Gasteiger partial charge in [0.15, 0.2) is 0 Å². The minimum atomic E-state index is -0.520. The number of terminal acetylenes is 1. The van der Waals surface area contributed by atoms with E-state index in [4.69, 9.17) is 11.2 Å². The minimum Gasteiger partial charge on any atom is -0.480 e. The summed E-state index contributed by atoms with van der Waals surface area (Å²) in [6.45, 7) is 2.09. The second-order valence-electron chi connectivity index (χ2n) is 5.41. The fourth-order valence-corrected chi connectivity index (χ4v) is 2.04. The molecule has 0 atom stereocenters. The second-order valence-corrected chi connectivity index (χ2v) is 5.41. The van der Waals surface area contributed by atoms with Gasteiger partial charge in [-0.2, -0.15) is 5.10 Å². The highest BCUT2D eigenvalue weighted by atomic mass is 16.5. The first-order valence-corrected chi connectivity index (χ1v) is 7.92. The minimum absolute atomic E-state index is 0.135. The fourth-order valence-electron chi connectivity index (χ4n) is 2.04. The van der Waals surface area contributed by atoms with Gasteiger partial charge in [-0.05, 0) is 31.2 Å². The molecule has 6 nitrogen and oxygen atoms in total. The maximum Gasteiger partial charge on any atom is 0.249 e. The van der Waals surface area contributed by atoms with Gasteiger partial charge < -0.3 is 10.1 Å². The molecule has 0 aliphatic heterocycles. The number of para-hydroxylation sites is 1. The van der Waals surface area contributed by atoms with Crippen LogP contribution in [-0.4, -0.2) is 24.6 Å². The third-order valence-corrected chi connectivity index (χ3v) is 3.28. The Labute approximate surface area is 152 Å². The molecule has 2 amide bonds. The van der Waals surface area contributed by atoms with Crippen molar-refractivity contribution in [2.24, 2.45) is 5.10 Å². The molecule has 0 fully saturated rings. The Morgan fingerprint density at radius 3 is 2.62 bits per heavy atom. The highest BCUT2D eigenvalue weighted by Crippen LogP contribution is 2.15. The van der Waals surface area contributed by atoms with Crippen molar-refractivity contribution < 1.29 is 14.3 Å². The standard InChI is InChI=1S/C20H19N3O3/c1-3-12-26-18-7-5-4-6-16(18)14-21-23-20(25)13-19(24)22-17-10-8-15(2)9-11-17/h1,4-11,14H,12-13H2,2H3,(H,22,24)(H,23,25). The van der Waals surface area contributed by atoms with E-state index in [9.17, 15) is 9.59 Å². The first-order chi connectivity index (χ1) is 12.6. The van der Waals surface area contributed by atoms with E-state index in [1.165, 1.54) is 6.21 Å². The summed E-state index contributed by atoms with van der Waals surface area (Å²) < 4.78 is 5.38. The first-order valence-electron chi connectivity index (χ1n) is 7.92. The van der Waals surface area contributed by atoms with Crippen molar-refractivity contribution in [1.29, 1.82) is 0 Å². The van der Waals surface area contributed by atoms with Crippen molar-refractivity contribution in [1.82, 2.24) is 5.43 Å². The molecular formula is C20H19N3O3. The molecule has 0 spiro atoms. The lowest BCUT2D eigenvalue weighted by molar-refractivity contribution is -0.126. The SMILES string of the molecule is C#CCOc1ccccc1C=NNC(=O)CC(=O)Nc1ccc(C)cc1. The molecule has 0 unspecified atom stereocenters. The van der Waals surface area contributed by atoms with Crippen molar-refractivity contribution >= 4 is 23.7 Å². The molecule has 2 aromatic carbocycles. The molecule has 0 radical (unpaired) electrons. The Balaban J connectivity index is 1.84. The van der Waals surface area contributed by atoms with Gasteiger partial charge in [-0.15, -0.1) is 6.42 Å². The smallest absolute Gasteiger partial charge is 0.249 e. The summed E-state index contributed by atoms with van der Waals surface area (Å²) >= 11 is 0. The Morgan fingerprint density at radius 2 is 1.88 bits per heavy atom. The van der Waals surface area contributed by atoms with Crippen LogP contribution < -0.4 is 15.5 Å². The molecule has 0 saturated heterocycles. The Hall–Kier alpha value is -3.59. The van der Waals surface area contributed by atoms with E-state index in [1.54, 1.807) is 36.4 Å². The summed E-state index contributed by atoms with van der Waals surface area (Å²) in [5.41, 5.74) is 4.69. The zero-order valence-corrected chi connectivity index (χ0v) is 14.4. The molecular weight excluding hydrogens is 330 g/mol. The van der Waals surface area contributed by atoms with E-state index >= 15 is 0 Å². The molecule has 0 heterocycles. The number of ether oxygens (including phenoxy) is 1. The number of carbonyl (C=O) groups is 2. The number of benzene rings is 2. The van der Waals surface area contributed by atoms with Crippen LogP contribution in [0.1, 0.15) is 17.5 Å². The number of anilines is 1. The number of carbonyl (C=O) groups excluding carboxylic acids is 2. The predicted octanol–water partition coefficient (Wildman–Crippen LogP) is 2.49. The largest absolute Gasteiger partial charge is 0.480 e. The normalized spacial score (nSPS) is 10.2. The predicted molar refractivity (Wildman–Crippen MR) is 101 cm³/mol. The average Bonchev–Trinajstić information content (AvgIpc) is 2.62. The number of hydrazone groups is 1. The second kappa shape index (κ2) is 9.64. The molecule has 0 bridgehead atoms. The molecule has 2 N–H and O–H groups in total. The van der Waals surface area contributed by atoms with Crippen LogP contribution in [0.3, 0.4) is 0 Å². The number of aryl methyl sites for hydroxylation is 1. The number of rotatable bonds is 7. The maximum atomic E-state index is 11.9. The fraction of sp³-hybridized carbons (Fsp3) is 0.150. The first kappa shape index (κ1) is 18.7. The van der Waals surface area contributed by atoms with E-state index < -0.39 is 11.8 Å². The van der Waals surface area contributed by atoms with E-state index in [2.05, 4.69) is 21.8 Å². The third kappa shape index (κ3) is 6.13. The van der Waals surface area contributed by atoms with Crippen LogP contribution in [0.2, 0.25) is 0 Å². The molecule has 2 aromatic rings. The van der Waals surface area contributed by atoms with Crippen molar-refractivity contribution in [3.8, 4) is 18.1 Å². The lowest BCUT2D eigenvalue weighted by atomic mass is 10.2. The van der Waals surface area contributed by atoms with Crippen LogP contribution in [0, 0.1) is 19.3 Å². The molecule has 26 heavy (non-hydrogen) atoms. The molecule has 0 aromatic heterocycles. The van der Waals surface area contributed by atoms with E-state index in [-0.39, 0.29) is 13.0 Å². The van der Waals surface area contributed by atoms with Crippen LogP contribution in [0.25, 0.3) is 0 Å². The van der Waals surface area contributed by atoms with Crippen LogP contribution in [0.5, 0.6) is 5.75 Å². The average molecular weight is 349 g/mol. The maximum absolute atomic E-state index is 11.9. The van der Waals surface area contributed by atoms with Crippen LogP contribution in [0.15, 0.2) is 53.6 Å². The molecule has 6 heteroatoms. The van der Waals surface area contributed by atoms with Crippen LogP contribution in [-0.2, 0) is 9.59 Å². The van der Waals surface area contributed by atoms with E-state index in [0.717, 1.165) is 5.56 Å². The Kier molecular flexibility index (Phi) is 6.95. The topological polar surface area (TPSA) is 79.8 Å². The summed E-state index contributed by atoms with van der Waals surface area (Å²) in [5, 5.41) is 6.50. The summed E-state index contributed by atoms with van der Waals surface area (Å²) in [6, 6.07) is 14.4. The van der Waals surface area contributed by atoms with Gasteiger partial charge in [0.05, 0.1) is 6.21 Å². The Bertz CT molecular complexity index is 836. The van der Waals surface area contributed by atoms with Gasteiger partial charge in [0.2, 0.25) is 11.8 Å². The monoisotopic (exact) mass is 349 g/mol. The summed E-state index contributed by atoms with van der Waals surface area (Å²) in [7, 11) is 0. The number of amides is 2. The van der Waals surface area contributed by atoms with Gasteiger partial charge in [0.1, 0.15) is 18.8 Å². The highest BCUT2D eigenvalue weighted by Gasteiger charge is 2.09. The van der Waals surface area contributed by atoms with Gasteiger partial charge in [-0.1, -0.05) is 35.7 Å². The zero-order chi connectivity index (χ0) is 18.8. The summed E-state index contributed by atoms with van der Waals surface area (Å²) in [6.07, 6.45) is 6.27. The number of nitrogens with one attached hydrogen (secondary N) is 2. The molecule has 0 aliphatic carbocycles. The van der Waals surface area contributed by atoms with E-state index in [0.29, 0.717) is 17.0 Å². The van der Waals surface area contributed by atoms with Crippen molar-refractivity contribution in [2.75, 3.05) is 11.9 Å². The van der Waals surface area contributed by atoms with Crippen LogP contribution >= 0.6 is 0 Å². The van der Waals surface area contributed by atoms with Crippen molar-refractivity contribution in [2.45, 2.75) is 13.3 Å². The van der Waals surface area contributed by atoms with Gasteiger partial charge in [0, 0.05) is 11.3 Å². The zero-order valence-electron chi connectivity index (χ0n) is 14.4. The third-order valence-electron chi connectivity index (χ3n) is 3.28. The number of hydrogen-bond acceptors (Lipinski definition) is 4. The lowest BCUT2D eigenvalue weighted by Gasteiger charge is -2.06. The van der Waals surface area contributed by atoms with Gasteiger partial charge in [-0.3, -0.25) is 9.59 Å². The number of hydrogen-bond donors (Lipinski definition) is 2.